The van der Waals surface area contributed by atoms with E-state index in [2.05, 4.69) is 12.2 Å². The van der Waals surface area contributed by atoms with Gasteiger partial charge < -0.3 is 11.1 Å². The summed E-state index contributed by atoms with van der Waals surface area (Å²) in [5.41, 5.74) is 5.57. The molecule has 1 aromatic rings. The maximum Gasteiger partial charge on any atom is 0.292 e. The minimum absolute atomic E-state index is 0.0612. The lowest BCUT2D eigenvalue weighted by Crippen LogP contribution is -2.24. The normalized spacial score (nSPS) is 10.2. The van der Waals surface area contributed by atoms with Crippen LogP contribution in [0.3, 0.4) is 0 Å². The van der Waals surface area contributed by atoms with Crippen LogP contribution in [0.25, 0.3) is 0 Å². The molecule has 0 atom stereocenters. The Kier molecular flexibility index (Phi) is 6.49. The van der Waals surface area contributed by atoms with Crippen LogP contribution in [0.5, 0.6) is 0 Å². The zero-order valence-corrected chi connectivity index (χ0v) is 11.7. The van der Waals surface area contributed by atoms with Crippen molar-refractivity contribution in [2.45, 2.75) is 39.0 Å². The van der Waals surface area contributed by atoms with Gasteiger partial charge in [-0.2, -0.15) is 0 Å². The topological polar surface area (TPSA) is 98.3 Å². The first-order valence-electron chi connectivity index (χ1n) is 6.88. The number of unbranched alkanes of at least 4 members (excludes halogenated alkanes) is 4. The van der Waals surface area contributed by atoms with E-state index in [9.17, 15) is 14.9 Å². The Morgan fingerprint density at radius 2 is 2.00 bits per heavy atom. The molecule has 0 saturated heterocycles. The summed E-state index contributed by atoms with van der Waals surface area (Å²) in [6, 6.07) is 4.09. The molecule has 0 aromatic heterocycles. The first kappa shape index (κ1) is 15.9. The number of rotatable bonds is 8. The van der Waals surface area contributed by atoms with Gasteiger partial charge in [0.15, 0.2) is 0 Å². The van der Waals surface area contributed by atoms with Crippen molar-refractivity contribution in [3.05, 3.63) is 33.9 Å². The molecule has 110 valence electrons. The molecule has 0 aliphatic heterocycles. The number of nitro benzene ring substituents is 1. The third-order valence-electron chi connectivity index (χ3n) is 3.06. The van der Waals surface area contributed by atoms with E-state index in [1.165, 1.54) is 37.5 Å². The lowest BCUT2D eigenvalue weighted by atomic mass is 10.1. The highest BCUT2D eigenvalue weighted by atomic mass is 16.6. The van der Waals surface area contributed by atoms with Crippen molar-refractivity contribution in [2.75, 3.05) is 12.3 Å². The lowest BCUT2D eigenvalue weighted by molar-refractivity contribution is -0.383. The number of nitrogen functional groups attached to an aromatic ring is 1. The van der Waals surface area contributed by atoms with Gasteiger partial charge in [0, 0.05) is 18.2 Å². The van der Waals surface area contributed by atoms with E-state index in [1.807, 2.05) is 0 Å². The van der Waals surface area contributed by atoms with Crippen LogP contribution in [0, 0.1) is 10.1 Å². The van der Waals surface area contributed by atoms with Gasteiger partial charge in [-0.05, 0) is 18.6 Å². The SMILES string of the molecule is CCCCCCCNC(=O)c1ccc(N)c([N+](=O)[O-])c1. The number of benzene rings is 1. The molecule has 0 spiro atoms. The fourth-order valence-corrected chi connectivity index (χ4v) is 1.88. The summed E-state index contributed by atoms with van der Waals surface area (Å²) in [4.78, 5) is 22.0. The summed E-state index contributed by atoms with van der Waals surface area (Å²) in [7, 11) is 0. The molecular formula is C14H21N3O3. The summed E-state index contributed by atoms with van der Waals surface area (Å²) in [5.74, 6) is -0.302. The first-order chi connectivity index (χ1) is 9.56. The number of carbonyl (C=O) groups excluding carboxylic acids is 1. The number of nitrogens with zero attached hydrogens (tertiary/aromatic N) is 1. The second-order valence-corrected chi connectivity index (χ2v) is 4.70. The Bertz CT molecular complexity index is 475. The molecule has 20 heavy (non-hydrogen) atoms. The molecule has 1 rings (SSSR count). The van der Waals surface area contributed by atoms with Crippen LogP contribution >= 0.6 is 0 Å². The minimum atomic E-state index is -0.586. The Labute approximate surface area is 118 Å². The molecule has 1 aromatic carbocycles. The molecule has 0 aliphatic carbocycles. The van der Waals surface area contributed by atoms with Crippen LogP contribution in [0.15, 0.2) is 18.2 Å². The van der Waals surface area contributed by atoms with Gasteiger partial charge >= 0.3 is 0 Å². The fraction of sp³-hybridized carbons (Fsp3) is 0.500. The highest BCUT2D eigenvalue weighted by molar-refractivity contribution is 5.95. The van der Waals surface area contributed by atoms with Crippen LogP contribution in [0.2, 0.25) is 0 Å². The van der Waals surface area contributed by atoms with Crippen LogP contribution in [-0.4, -0.2) is 17.4 Å². The second-order valence-electron chi connectivity index (χ2n) is 4.70. The maximum atomic E-state index is 11.8. The average molecular weight is 279 g/mol. The Morgan fingerprint density at radius 1 is 1.30 bits per heavy atom. The molecular weight excluding hydrogens is 258 g/mol. The number of amides is 1. The number of nitrogens with two attached hydrogens (primary N) is 1. The average Bonchev–Trinajstić information content (AvgIpc) is 2.42. The number of hydrogen-bond donors (Lipinski definition) is 2. The smallest absolute Gasteiger partial charge is 0.292 e. The summed E-state index contributed by atoms with van der Waals surface area (Å²) in [6.45, 7) is 2.73. The number of hydrogen-bond acceptors (Lipinski definition) is 4. The van der Waals surface area contributed by atoms with Crippen molar-refractivity contribution in [3.63, 3.8) is 0 Å². The molecule has 3 N–H and O–H groups in total. The summed E-state index contributed by atoms with van der Waals surface area (Å²) in [6.07, 6.45) is 5.55. The largest absolute Gasteiger partial charge is 0.393 e. The third kappa shape index (κ3) is 4.87. The molecule has 1 amide bonds. The molecule has 6 nitrogen and oxygen atoms in total. The summed E-state index contributed by atoms with van der Waals surface area (Å²) >= 11 is 0. The van der Waals surface area contributed by atoms with E-state index >= 15 is 0 Å². The predicted octanol–water partition coefficient (Wildman–Crippen LogP) is 2.88. The van der Waals surface area contributed by atoms with Crippen molar-refractivity contribution in [1.82, 2.24) is 5.32 Å². The number of nitro groups is 1. The number of nitrogens with one attached hydrogen (secondary N) is 1. The molecule has 0 heterocycles. The fourth-order valence-electron chi connectivity index (χ4n) is 1.88. The predicted molar refractivity (Wildman–Crippen MR) is 78.6 cm³/mol. The Balaban J connectivity index is 2.47. The van der Waals surface area contributed by atoms with Gasteiger partial charge in [-0.25, -0.2) is 0 Å². The Morgan fingerprint density at radius 3 is 2.65 bits per heavy atom. The summed E-state index contributed by atoms with van der Waals surface area (Å²) < 4.78 is 0. The summed E-state index contributed by atoms with van der Waals surface area (Å²) in [5, 5.41) is 13.5. The molecule has 0 radical (unpaired) electrons. The Hall–Kier alpha value is -2.11. The van der Waals surface area contributed by atoms with Gasteiger partial charge in [-0.1, -0.05) is 32.6 Å². The number of anilines is 1. The molecule has 0 aliphatic rings. The van der Waals surface area contributed by atoms with Gasteiger partial charge in [0.2, 0.25) is 0 Å². The lowest BCUT2D eigenvalue weighted by Gasteiger charge is -2.06. The van der Waals surface area contributed by atoms with Crippen LogP contribution in [0.4, 0.5) is 11.4 Å². The van der Waals surface area contributed by atoms with Crippen LogP contribution < -0.4 is 11.1 Å². The number of carbonyl (C=O) groups is 1. The second kappa shape index (κ2) is 8.14. The van der Waals surface area contributed by atoms with E-state index in [1.54, 1.807) is 0 Å². The standard InChI is InChI=1S/C14H21N3O3/c1-2-3-4-5-6-9-16-14(18)11-7-8-12(15)13(10-11)17(19)20/h7-8,10H,2-6,9,15H2,1H3,(H,16,18). The monoisotopic (exact) mass is 279 g/mol. The minimum Gasteiger partial charge on any atom is -0.393 e. The maximum absolute atomic E-state index is 11.8. The quantitative estimate of drug-likeness (QED) is 0.331. The molecule has 0 unspecified atom stereocenters. The van der Waals surface area contributed by atoms with E-state index in [4.69, 9.17) is 5.73 Å². The highest BCUT2D eigenvalue weighted by Gasteiger charge is 2.15. The highest BCUT2D eigenvalue weighted by Crippen LogP contribution is 2.22. The van der Waals surface area contributed by atoms with Gasteiger partial charge in [0.1, 0.15) is 5.69 Å². The van der Waals surface area contributed by atoms with E-state index in [0.29, 0.717) is 6.54 Å². The van der Waals surface area contributed by atoms with Crippen LogP contribution in [0.1, 0.15) is 49.4 Å². The molecule has 0 fully saturated rings. The van der Waals surface area contributed by atoms with E-state index in [0.717, 1.165) is 12.8 Å². The van der Waals surface area contributed by atoms with Crippen molar-refractivity contribution in [3.8, 4) is 0 Å². The molecule has 0 bridgehead atoms. The van der Waals surface area contributed by atoms with Crippen molar-refractivity contribution >= 4 is 17.3 Å². The zero-order chi connectivity index (χ0) is 15.0. The third-order valence-corrected chi connectivity index (χ3v) is 3.06. The van der Waals surface area contributed by atoms with Gasteiger partial charge in [0.05, 0.1) is 4.92 Å². The van der Waals surface area contributed by atoms with Gasteiger partial charge in [0.25, 0.3) is 11.6 Å². The molecule has 6 heteroatoms. The van der Waals surface area contributed by atoms with Crippen LogP contribution in [-0.2, 0) is 0 Å². The van der Waals surface area contributed by atoms with E-state index in [-0.39, 0.29) is 22.8 Å². The van der Waals surface area contributed by atoms with Gasteiger partial charge in [-0.15, -0.1) is 0 Å². The van der Waals surface area contributed by atoms with Crippen molar-refractivity contribution < 1.29 is 9.72 Å². The zero-order valence-electron chi connectivity index (χ0n) is 11.7. The van der Waals surface area contributed by atoms with Gasteiger partial charge in [-0.3, -0.25) is 14.9 Å². The molecule has 0 saturated carbocycles. The van der Waals surface area contributed by atoms with Crippen molar-refractivity contribution in [2.24, 2.45) is 0 Å². The first-order valence-corrected chi connectivity index (χ1v) is 6.88. The van der Waals surface area contributed by atoms with Crippen molar-refractivity contribution in [1.29, 1.82) is 0 Å². The van der Waals surface area contributed by atoms with E-state index < -0.39 is 4.92 Å².